The molecule has 4 N–H and O–H groups in total. The van der Waals surface area contributed by atoms with Crippen LogP contribution >= 0.6 is 0 Å². The smallest absolute Gasteiger partial charge is 0.416 e. The van der Waals surface area contributed by atoms with E-state index in [9.17, 15) is 40.7 Å². The lowest BCUT2D eigenvalue weighted by molar-refractivity contribution is -0.143. The van der Waals surface area contributed by atoms with Crippen LogP contribution in [0.5, 0.6) is 0 Å². The van der Waals surface area contributed by atoms with Gasteiger partial charge in [-0.2, -0.15) is 36.1 Å². The highest BCUT2D eigenvalue weighted by Gasteiger charge is 2.38. The molecule has 4 aromatic rings. The number of likely N-dealkylation sites (N-methyl/N-ethyl adjacent to an activating group) is 1. The maximum atomic E-state index is 13.3. The summed E-state index contributed by atoms with van der Waals surface area (Å²) in [5, 5.41) is 13.3. The van der Waals surface area contributed by atoms with Crippen LogP contribution in [0.1, 0.15) is 46.3 Å². The predicted molar refractivity (Wildman–Crippen MR) is 141 cm³/mol. The number of carbonyl (C=O) groups is 3. The Kier molecular flexibility index (Phi) is 10.2. The molecule has 0 bridgehead atoms. The zero-order valence-corrected chi connectivity index (χ0v) is 22.5. The SMILES string of the molecule is CN(C(=O)c1cc(C(F)(F)F)cc(C(F)(F)F)c1)C(CCCC(=O)O)Cc1c[nH]c2ccccc12.NC(=O)n1cncn1. The van der Waals surface area contributed by atoms with Gasteiger partial charge in [-0.15, -0.1) is 0 Å². The van der Waals surface area contributed by atoms with Gasteiger partial charge in [-0.05, 0) is 49.1 Å². The molecule has 4 rings (SSSR count). The number of carboxylic acid groups (broad SMARTS) is 1. The molecule has 43 heavy (non-hydrogen) atoms. The Morgan fingerprint density at radius 3 is 2.19 bits per heavy atom. The molecule has 2 amide bonds. The molecule has 0 spiro atoms. The number of carbonyl (C=O) groups excluding carboxylic acids is 2. The number of nitrogens with one attached hydrogen (secondary N) is 1. The molecule has 2 aromatic carbocycles. The van der Waals surface area contributed by atoms with Crippen LogP contribution in [0.25, 0.3) is 10.9 Å². The molecular weight excluding hydrogens is 586 g/mol. The highest BCUT2D eigenvalue weighted by Crippen LogP contribution is 2.36. The standard InChI is InChI=1S/C24H22F6N2O3.C3H4N4O/c1-32(22(35)14-9-16(23(25,26)27)12-17(10-14)24(28,29)30)18(5-4-8-21(33)34)11-15-13-31-20-7-3-2-6-19(15)20;4-3(8)7-2-5-1-6-7/h2-3,6-7,9-10,12-13,18,31H,4-5,8,11H2,1H3,(H,33,34);1-2H,(H2,4,8). The zero-order valence-electron chi connectivity index (χ0n) is 22.5. The van der Waals surface area contributed by atoms with Gasteiger partial charge in [0, 0.05) is 42.2 Å². The van der Waals surface area contributed by atoms with Crippen molar-refractivity contribution in [1.29, 1.82) is 0 Å². The van der Waals surface area contributed by atoms with E-state index in [0.717, 1.165) is 26.0 Å². The lowest BCUT2D eigenvalue weighted by Gasteiger charge is -2.29. The van der Waals surface area contributed by atoms with Crippen molar-refractivity contribution in [1.82, 2.24) is 24.6 Å². The van der Waals surface area contributed by atoms with Crippen molar-refractivity contribution in [2.45, 2.75) is 44.1 Å². The van der Waals surface area contributed by atoms with E-state index in [1.165, 1.54) is 19.7 Å². The summed E-state index contributed by atoms with van der Waals surface area (Å²) in [4.78, 5) is 41.9. The molecular formula is C27H26F6N6O4. The fraction of sp³-hybridized carbons (Fsp3) is 0.296. The Hall–Kier alpha value is -4.89. The van der Waals surface area contributed by atoms with Gasteiger partial charge in [-0.3, -0.25) is 9.59 Å². The zero-order chi connectivity index (χ0) is 31.9. The van der Waals surface area contributed by atoms with Gasteiger partial charge < -0.3 is 20.7 Å². The van der Waals surface area contributed by atoms with Crippen molar-refractivity contribution in [3.8, 4) is 0 Å². The second kappa shape index (κ2) is 13.4. The van der Waals surface area contributed by atoms with E-state index in [2.05, 4.69) is 15.1 Å². The second-order valence-electron chi connectivity index (χ2n) is 9.39. The molecule has 0 radical (unpaired) electrons. The summed E-state index contributed by atoms with van der Waals surface area (Å²) in [6.45, 7) is 0. The molecule has 1 unspecified atom stereocenters. The average molecular weight is 613 g/mol. The number of amides is 2. The fourth-order valence-corrected chi connectivity index (χ4v) is 4.25. The van der Waals surface area contributed by atoms with Crippen molar-refractivity contribution in [2.24, 2.45) is 5.73 Å². The summed E-state index contributed by atoms with van der Waals surface area (Å²) < 4.78 is 80.4. The summed E-state index contributed by atoms with van der Waals surface area (Å²) >= 11 is 0. The van der Waals surface area contributed by atoms with Crippen LogP contribution in [-0.2, 0) is 23.6 Å². The topological polar surface area (TPSA) is 147 Å². The van der Waals surface area contributed by atoms with Crippen molar-refractivity contribution < 1.29 is 45.8 Å². The second-order valence-corrected chi connectivity index (χ2v) is 9.39. The molecule has 2 heterocycles. The first-order valence-electron chi connectivity index (χ1n) is 12.6. The Bertz CT molecular complexity index is 1530. The minimum absolute atomic E-state index is 0.0347. The van der Waals surface area contributed by atoms with E-state index in [-0.39, 0.29) is 31.7 Å². The third-order valence-corrected chi connectivity index (χ3v) is 6.41. The number of alkyl halides is 6. The van der Waals surface area contributed by atoms with Crippen molar-refractivity contribution in [3.63, 3.8) is 0 Å². The molecule has 230 valence electrons. The molecule has 2 aromatic heterocycles. The van der Waals surface area contributed by atoms with Crippen LogP contribution < -0.4 is 5.73 Å². The molecule has 1 atom stereocenters. The molecule has 0 saturated heterocycles. The number of hydrogen-bond acceptors (Lipinski definition) is 5. The predicted octanol–water partition coefficient (Wildman–Crippen LogP) is 5.35. The highest BCUT2D eigenvalue weighted by atomic mass is 19.4. The number of nitrogens with two attached hydrogens (primary N) is 1. The maximum absolute atomic E-state index is 13.3. The number of hydrogen-bond donors (Lipinski definition) is 3. The van der Waals surface area contributed by atoms with E-state index in [1.54, 1.807) is 12.3 Å². The van der Waals surface area contributed by atoms with Crippen LogP contribution in [0.2, 0.25) is 0 Å². The van der Waals surface area contributed by atoms with E-state index < -0.39 is 53.0 Å². The lowest BCUT2D eigenvalue weighted by atomic mass is 9.97. The number of para-hydroxylation sites is 1. The van der Waals surface area contributed by atoms with Gasteiger partial charge in [0.25, 0.3) is 5.91 Å². The summed E-state index contributed by atoms with van der Waals surface area (Å²) in [7, 11) is 1.29. The van der Waals surface area contributed by atoms with Crippen LogP contribution in [0.15, 0.2) is 61.3 Å². The van der Waals surface area contributed by atoms with E-state index in [0.29, 0.717) is 12.1 Å². The van der Waals surface area contributed by atoms with Crippen LogP contribution in [-0.4, -0.2) is 60.8 Å². The van der Waals surface area contributed by atoms with E-state index >= 15 is 0 Å². The van der Waals surface area contributed by atoms with Crippen LogP contribution in [0, 0.1) is 0 Å². The van der Waals surface area contributed by atoms with Gasteiger partial charge in [-0.1, -0.05) is 18.2 Å². The summed E-state index contributed by atoms with van der Waals surface area (Å²) in [5.74, 6) is -2.08. The molecule has 10 nitrogen and oxygen atoms in total. The number of H-pyrrole nitrogens is 1. The molecule has 16 heteroatoms. The molecule has 0 aliphatic heterocycles. The minimum atomic E-state index is -5.08. The Morgan fingerprint density at radius 2 is 1.67 bits per heavy atom. The number of primary amides is 1. The number of nitrogens with zero attached hydrogens (tertiary/aromatic N) is 4. The summed E-state index contributed by atoms with van der Waals surface area (Å²) in [5.41, 5.74) is 2.46. The number of fused-ring (bicyclic) bond motifs is 1. The highest BCUT2D eigenvalue weighted by molar-refractivity contribution is 5.95. The van der Waals surface area contributed by atoms with E-state index in [1.807, 2.05) is 18.2 Å². The first-order valence-corrected chi connectivity index (χ1v) is 12.6. The third kappa shape index (κ3) is 8.80. The van der Waals surface area contributed by atoms with Crippen molar-refractivity contribution in [2.75, 3.05) is 7.05 Å². The van der Waals surface area contributed by atoms with Gasteiger partial charge in [0.15, 0.2) is 0 Å². The number of rotatable bonds is 8. The number of benzene rings is 2. The number of aromatic nitrogens is 4. The first kappa shape index (κ1) is 32.6. The number of carboxylic acids is 1. The minimum Gasteiger partial charge on any atom is -0.481 e. The fourth-order valence-electron chi connectivity index (χ4n) is 4.25. The van der Waals surface area contributed by atoms with Crippen molar-refractivity contribution >= 4 is 28.8 Å². The Labute approximate surface area is 240 Å². The van der Waals surface area contributed by atoms with Gasteiger partial charge >= 0.3 is 24.4 Å². The largest absolute Gasteiger partial charge is 0.481 e. The maximum Gasteiger partial charge on any atom is 0.416 e. The van der Waals surface area contributed by atoms with Crippen LogP contribution in [0.4, 0.5) is 31.1 Å². The monoisotopic (exact) mass is 612 g/mol. The van der Waals surface area contributed by atoms with Gasteiger partial charge in [0.05, 0.1) is 11.1 Å². The normalized spacial score (nSPS) is 12.3. The first-order chi connectivity index (χ1) is 20.1. The number of halogens is 6. The molecule has 0 fully saturated rings. The number of aliphatic carboxylic acids is 1. The van der Waals surface area contributed by atoms with Crippen molar-refractivity contribution in [3.05, 3.63) is 83.6 Å². The average Bonchev–Trinajstić information content (AvgIpc) is 3.62. The molecule has 0 aliphatic rings. The summed E-state index contributed by atoms with van der Waals surface area (Å²) in [6.07, 6.45) is -5.62. The van der Waals surface area contributed by atoms with Gasteiger partial charge in [0.2, 0.25) is 0 Å². The van der Waals surface area contributed by atoms with Gasteiger partial charge in [-0.25, -0.2) is 9.78 Å². The Balaban J connectivity index is 0.000000546. The lowest BCUT2D eigenvalue weighted by Crippen LogP contribution is -2.39. The molecule has 0 aliphatic carbocycles. The molecule has 0 saturated carbocycles. The Morgan fingerprint density at radius 1 is 1.05 bits per heavy atom. The summed E-state index contributed by atoms with van der Waals surface area (Å²) in [6, 6.07) is 6.74. The number of aromatic amines is 1. The van der Waals surface area contributed by atoms with E-state index in [4.69, 9.17) is 10.8 Å². The van der Waals surface area contributed by atoms with Crippen LogP contribution in [0.3, 0.4) is 0 Å². The third-order valence-electron chi connectivity index (χ3n) is 6.41. The quantitative estimate of drug-likeness (QED) is 0.229. The van der Waals surface area contributed by atoms with Gasteiger partial charge in [0.1, 0.15) is 12.7 Å².